The maximum absolute atomic E-state index is 12.6. The SMILES string of the molecule is COc1cc2c(cc1C)O[C@H]1CC[C@@]1(OC)C2=O. The number of hydrogen-bond acceptors (Lipinski definition) is 4. The topological polar surface area (TPSA) is 44.8 Å². The molecule has 0 N–H and O–H groups in total. The molecule has 1 heterocycles. The van der Waals surface area contributed by atoms with Gasteiger partial charge in [0, 0.05) is 7.11 Å². The number of ketones is 1. The smallest absolute Gasteiger partial charge is 0.202 e. The van der Waals surface area contributed by atoms with E-state index in [4.69, 9.17) is 14.2 Å². The lowest BCUT2D eigenvalue weighted by Crippen LogP contribution is -2.63. The van der Waals surface area contributed by atoms with Gasteiger partial charge in [-0.1, -0.05) is 0 Å². The van der Waals surface area contributed by atoms with Crippen molar-refractivity contribution in [2.75, 3.05) is 14.2 Å². The predicted octanol–water partition coefficient (Wildman–Crippen LogP) is 2.13. The third-order valence-corrected chi connectivity index (χ3v) is 4.06. The van der Waals surface area contributed by atoms with E-state index in [9.17, 15) is 4.79 Å². The fourth-order valence-corrected chi connectivity index (χ4v) is 2.80. The van der Waals surface area contributed by atoms with Crippen LogP contribution in [0.5, 0.6) is 11.5 Å². The summed E-state index contributed by atoms with van der Waals surface area (Å²) in [6, 6.07) is 3.62. The Morgan fingerprint density at radius 2 is 2.17 bits per heavy atom. The molecule has 1 saturated carbocycles. The van der Waals surface area contributed by atoms with Gasteiger partial charge in [0.1, 0.15) is 17.6 Å². The van der Waals surface area contributed by atoms with E-state index in [2.05, 4.69) is 0 Å². The van der Waals surface area contributed by atoms with Crippen LogP contribution in [0.2, 0.25) is 0 Å². The van der Waals surface area contributed by atoms with E-state index in [1.807, 2.05) is 13.0 Å². The van der Waals surface area contributed by atoms with E-state index in [0.717, 1.165) is 18.4 Å². The van der Waals surface area contributed by atoms with Crippen molar-refractivity contribution >= 4 is 5.78 Å². The van der Waals surface area contributed by atoms with Gasteiger partial charge in [-0.15, -0.1) is 0 Å². The van der Waals surface area contributed by atoms with Gasteiger partial charge in [0.15, 0.2) is 5.60 Å². The summed E-state index contributed by atoms with van der Waals surface area (Å²) in [6.45, 7) is 1.94. The van der Waals surface area contributed by atoms with Crippen molar-refractivity contribution in [3.8, 4) is 11.5 Å². The number of Topliss-reactive ketones (excluding diaryl/α,β-unsaturated/α-hetero) is 1. The van der Waals surface area contributed by atoms with Gasteiger partial charge in [-0.05, 0) is 37.5 Å². The molecule has 3 rings (SSSR count). The molecule has 0 saturated heterocycles. The molecule has 2 atom stereocenters. The van der Waals surface area contributed by atoms with Gasteiger partial charge in [-0.25, -0.2) is 0 Å². The monoisotopic (exact) mass is 248 g/mol. The van der Waals surface area contributed by atoms with Gasteiger partial charge < -0.3 is 14.2 Å². The molecule has 0 amide bonds. The molecular formula is C14H16O4. The van der Waals surface area contributed by atoms with E-state index < -0.39 is 5.60 Å². The Hall–Kier alpha value is -1.55. The molecule has 1 aromatic rings. The first-order valence-corrected chi connectivity index (χ1v) is 6.07. The van der Waals surface area contributed by atoms with Crippen molar-refractivity contribution in [2.24, 2.45) is 0 Å². The summed E-state index contributed by atoms with van der Waals surface area (Å²) in [4.78, 5) is 12.6. The number of methoxy groups -OCH3 is 2. The Labute approximate surface area is 106 Å². The number of benzene rings is 1. The number of carbonyl (C=O) groups excluding carboxylic acids is 1. The number of carbonyl (C=O) groups is 1. The highest BCUT2D eigenvalue weighted by Crippen LogP contribution is 2.47. The van der Waals surface area contributed by atoms with Crippen molar-refractivity contribution in [2.45, 2.75) is 31.5 Å². The van der Waals surface area contributed by atoms with Crippen LogP contribution in [0.4, 0.5) is 0 Å². The molecule has 0 spiro atoms. The maximum atomic E-state index is 12.6. The number of fused-ring (bicyclic) bond motifs is 2. The van der Waals surface area contributed by atoms with E-state index in [1.54, 1.807) is 20.3 Å². The van der Waals surface area contributed by atoms with Crippen LogP contribution in [-0.4, -0.2) is 31.7 Å². The van der Waals surface area contributed by atoms with Crippen molar-refractivity contribution in [1.29, 1.82) is 0 Å². The second kappa shape index (κ2) is 3.72. The lowest BCUT2D eigenvalue weighted by atomic mass is 9.70. The molecule has 0 radical (unpaired) electrons. The third-order valence-electron chi connectivity index (χ3n) is 4.06. The summed E-state index contributed by atoms with van der Waals surface area (Å²) in [7, 11) is 3.17. The van der Waals surface area contributed by atoms with Crippen molar-refractivity contribution in [3.63, 3.8) is 0 Å². The van der Waals surface area contributed by atoms with E-state index in [0.29, 0.717) is 17.1 Å². The molecular weight excluding hydrogens is 232 g/mol. The Morgan fingerprint density at radius 3 is 2.72 bits per heavy atom. The minimum absolute atomic E-state index is 0.0146. The van der Waals surface area contributed by atoms with Crippen molar-refractivity contribution in [1.82, 2.24) is 0 Å². The fraction of sp³-hybridized carbons (Fsp3) is 0.500. The van der Waals surface area contributed by atoms with Gasteiger partial charge >= 0.3 is 0 Å². The molecule has 4 heteroatoms. The number of ether oxygens (including phenoxy) is 3. The Morgan fingerprint density at radius 1 is 1.39 bits per heavy atom. The zero-order valence-electron chi connectivity index (χ0n) is 10.8. The quantitative estimate of drug-likeness (QED) is 0.804. The number of rotatable bonds is 2. The molecule has 18 heavy (non-hydrogen) atoms. The lowest BCUT2D eigenvalue weighted by Gasteiger charge is -2.49. The standard InChI is InChI=1S/C14H16O4/c1-8-6-11-9(7-10(8)16-2)13(15)14(17-3)5-4-12(14)18-11/h6-7,12H,4-5H2,1-3H3/t12-,14-/m0/s1. The normalized spacial score (nSPS) is 28.8. The maximum Gasteiger partial charge on any atom is 0.202 e. The first-order valence-electron chi connectivity index (χ1n) is 6.07. The predicted molar refractivity (Wildman–Crippen MR) is 65.5 cm³/mol. The zero-order chi connectivity index (χ0) is 12.9. The van der Waals surface area contributed by atoms with Crippen LogP contribution in [0.15, 0.2) is 12.1 Å². The van der Waals surface area contributed by atoms with Crippen LogP contribution >= 0.6 is 0 Å². The molecule has 0 bridgehead atoms. The van der Waals surface area contributed by atoms with Crippen molar-refractivity contribution < 1.29 is 19.0 Å². The molecule has 1 aromatic carbocycles. The summed E-state index contributed by atoms with van der Waals surface area (Å²) >= 11 is 0. The van der Waals surface area contributed by atoms with E-state index in [-0.39, 0.29) is 11.9 Å². The summed E-state index contributed by atoms with van der Waals surface area (Å²) < 4.78 is 16.6. The van der Waals surface area contributed by atoms with Gasteiger partial charge in [-0.3, -0.25) is 4.79 Å². The fourth-order valence-electron chi connectivity index (χ4n) is 2.80. The molecule has 0 unspecified atom stereocenters. The minimum Gasteiger partial charge on any atom is -0.496 e. The highest BCUT2D eigenvalue weighted by molar-refractivity contribution is 6.07. The Kier molecular flexibility index (Phi) is 2.38. The molecule has 96 valence electrons. The highest BCUT2D eigenvalue weighted by Gasteiger charge is 2.58. The zero-order valence-corrected chi connectivity index (χ0v) is 10.8. The first kappa shape index (κ1) is 11.5. The summed E-state index contributed by atoms with van der Waals surface area (Å²) in [5.74, 6) is 1.37. The minimum atomic E-state index is -0.771. The molecule has 4 nitrogen and oxygen atoms in total. The van der Waals surface area contributed by atoms with Gasteiger partial charge in [0.2, 0.25) is 5.78 Å². The van der Waals surface area contributed by atoms with Crippen LogP contribution in [0, 0.1) is 6.92 Å². The Bertz CT molecular complexity index is 519. The second-order valence-electron chi connectivity index (χ2n) is 4.89. The summed E-state index contributed by atoms with van der Waals surface area (Å²) in [5, 5.41) is 0. The average molecular weight is 248 g/mol. The first-order chi connectivity index (χ1) is 8.62. The molecule has 1 aliphatic heterocycles. The third kappa shape index (κ3) is 1.27. The average Bonchev–Trinajstić information content (AvgIpc) is 2.34. The summed E-state index contributed by atoms with van der Waals surface area (Å²) in [6.07, 6.45) is 1.45. The highest BCUT2D eigenvalue weighted by atomic mass is 16.6. The molecule has 1 aliphatic carbocycles. The van der Waals surface area contributed by atoms with Gasteiger partial charge in [-0.2, -0.15) is 0 Å². The van der Waals surface area contributed by atoms with Crippen LogP contribution in [0.25, 0.3) is 0 Å². The lowest BCUT2D eigenvalue weighted by molar-refractivity contribution is -0.129. The van der Waals surface area contributed by atoms with Crippen LogP contribution in [0.3, 0.4) is 0 Å². The van der Waals surface area contributed by atoms with E-state index >= 15 is 0 Å². The molecule has 2 aliphatic rings. The Balaban J connectivity index is 2.12. The second-order valence-corrected chi connectivity index (χ2v) is 4.89. The van der Waals surface area contributed by atoms with Crippen molar-refractivity contribution in [3.05, 3.63) is 23.3 Å². The van der Waals surface area contributed by atoms with Crippen LogP contribution in [-0.2, 0) is 4.74 Å². The number of aryl methyl sites for hydroxylation is 1. The summed E-state index contributed by atoms with van der Waals surface area (Å²) in [5.41, 5.74) is 0.760. The van der Waals surface area contributed by atoms with Gasteiger partial charge in [0.25, 0.3) is 0 Å². The molecule has 1 fully saturated rings. The van der Waals surface area contributed by atoms with E-state index in [1.165, 1.54) is 0 Å². The number of hydrogen-bond donors (Lipinski definition) is 0. The molecule has 0 aromatic heterocycles. The van der Waals surface area contributed by atoms with Gasteiger partial charge in [0.05, 0.1) is 12.7 Å². The van der Waals surface area contributed by atoms with Crippen LogP contribution in [0.1, 0.15) is 28.8 Å². The van der Waals surface area contributed by atoms with Crippen LogP contribution < -0.4 is 9.47 Å². The largest absolute Gasteiger partial charge is 0.496 e.